The van der Waals surface area contributed by atoms with Gasteiger partial charge in [-0.15, -0.1) is 0 Å². The summed E-state index contributed by atoms with van der Waals surface area (Å²) in [5, 5.41) is 6.02. The van der Waals surface area contributed by atoms with E-state index in [9.17, 15) is 4.79 Å². The fourth-order valence-corrected chi connectivity index (χ4v) is 4.30. The summed E-state index contributed by atoms with van der Waals surface area (Å²) in [4.78, 5) is 17.3. The minimum atomic E-state index is -0.246. The summed E-state index contributed by atoms with van der Waals surface area (Å²) >= 11 is 0. The number of hydrogen-bond acceptors (Lipinski definition) is 4. The number of para-hydroxylation sites is 3. The summed E-state index contributed by atoms with van der Waals surface area (Å²) < 4.78 is 5.63. The zero-order valence-electron chi connectivity index (χ0n) is 19.5. The van der Waals surface area contributed by atoms with Crippen LogP contribution >= 0.6 is 0 Å². The van der Waals surface area contributed by atoms with Gasteiger partial charge in [0.15, 0.2) is 0 Å². The topological polar surface area (TPSA) is 56.8 Å². The molecule has 3 aromatic rings. The van der Waals surface area contributed by atoms with E-state index in [-0.39, 0.29) is 12.1 Å². The summed E-state index contributed by atoms with van der Waals surface area (Å²) in [5.74, 6) is 0.666. The highest BCUT2D eigenvalue weighted by molar-refractivity contribution is 5.91. The van der Waals surface area contributed by atoms with Gasteiger partial charge in [-0.05, 0) is 54.8 Å². The Labute approximate surface area is 196 Å². The predicted octanol–water partition coefficient (Wildman–Crippen LogP) is 5.08. The van der Waals surface area contributed by atoms with Crippen molar-refractivity contribution in [2.45, 2.75) is 19.4 Å². The zero-order chi connectivity index (χ0) is 23.2. The van der Waals surface area contributed by atoms with E-state index in [1.807, 2.05) is 45.3 Å². The van der Waals surface area contributed by atoms with E-state index < -0.39 is 0 Å². The molecule has 0 spiro atoms. The van der Waals surface area contributed by atoms with E-state index in [0.29, 0.717) is 24.6 Å². The molecular weight excluding hydrogens is 412 g/mol. The molecule has 0 fully saturated rings. The maximum atomic E-state index is 12.8. The maximum Gasteiger partial charge on any atom is 0.319 e. The quantitative estimate of drug-likeness (QED) is 0.509. The number of nitrogens with zero attached hydrogens (tertiary/aromatic N) is 2. The molecule has 1 heterocycles. The Balaban J connectivity index is 1.52. The first-order chi connectivity index (χ1) is 16.1. The van der Waals surface area contributed by atoms with Gasteiger partial charge >= 0.3 is 6.03 Å². The largest absolute Gasteiger partial charge is 0.492 e. The van der Waals surface area contributed by atoms with Gasteiger partial charge in [0.2, 0.25) is 0 Å². The van der Waals surface area contributed by atoms with Gasteiger partial charge in [-0.25, -0.2) is 4.79 Å². The maximum absolute atomic E-state index is 12.8. The van der Waals surface area contributed by atoms with Crippen LogP contribution in [0.4, 0.5) is 21.9 Å². The average molecular weight is 445 g/mol. The van der Waals surface area contributed by atoms with Crippen LogP contribution in [0.25, 0.3) is 0 Å². The Bertz CT molecular complexity index is 1080. The SMILES string of the molecule is CCOc1ccccc1NC(=O)NC[C@H](c1ccc(N(C)C)cc1)N1CCc2ccccc21. The van der Waals surface area contributed by atoms with Crippen molar-refractivity contribution in [1.29, 1.82) is 0 Å². The second-order valence-electron chi connectivity index (χ2n) is 8.34. The molecule has 33 heavy (non-hydrogen) atoms. The van der Waals surface area contributed by atoms with Gasteiger partial charge in [0.1, 0.15) is 5.75 Å². The summed E-state index contributed by atoms with van der Waals surface area (Å²) in [6.07, 6.45) is 1.01. The Kier molecular flexibility index (Phi) is 7.03. The molecule has 6 nitrogen and oxygen atoms in total. The molecule has 6 heteroatoms. The van der Waals surface area contributed by atoms with Gasteiger partial charge in [-0.2, -0.15) is 0 Å². The Morgan fingerprint density at radius 3 is 2.52 bits per heavy atom. The van der Waals surface area contributed by atoms with Gasteiger partial charge in [-0.3, -0.25) is 0 Å². The lowest BCUT2D eigenvalue weighted by Gasteiger charge is -2.31. The van der Waals surface area contributed by atoms with Crippen LogP contribution in [0, 0.1) is 0 Å². The van der Waals surface area contributed by atoms with Gasteiger partial charge < -0.3 is 25.2 Å². The minimum Gasteiger partial charge on any atom is -0.492 e. The highest BCUT2D eigenvalue weighted by atomic mass is 16.5. The number of nitrogens with one attached hydrogen (secondary N) is 2. The number of rotatable bonds is 8. The fourth-order valence-electron chi connectivity index (χ4n) is 4.30. The number of ether oxygens (including phenoxy) is 1. The molecule has 0 aromatic heterocycles. The normalized spacial score (nSPS) is 13.2. The van der Waals surface area contributed by atoms with E-state index >= 15 is 0 Å². The highest BCUT2D eigenvalue weighted by Gasteiger charge is 2.27. The van der Waals surface area contributed by atoms with E-state index in [2.05, 4.69) is 69.0 Å². The molecule has 0 saturated heterocycles. The molecule has 0 aliphatic carbocycles. The molecule has 2 amide bonds. The van der Waals surface area contributed by atoms with Crippen molar-refractivity contribution in [1.82, 2.24) is 5.32 Å². The predicted molar refractivity (Wildman–Crippen MR) is 136 cm³/mol. The molecule has 4 rings (SSSR count). The van der Waals surface area contributed by atoms with Crippen LogP contribution in [-0.2, 0) is 6.42 Å². The summed E-state index contributed by atoms with van der Waals surface area (Å²) in [6.45, 7) is 3.88. The third kappa shape index (κ3) is 5.22. The van der Waals surface area contributed by atoms with E-state index in [0.717, 1.165) is 18.7 Å². The Hall–Kier alpha value is -3.67. The molecule has 2 N–H and O–H groups in total. The molecule has 1 aliphatic heterocycles. The van der Waals surface area contributed by atoms with Crippen molar-refractivity contribution in [3.63, 3.8) is 0 Å². The molecule has 0 radical (unpaired) electrons. The minimum absolute atomic E-state index is 0.0257. The van der Waals surface area contributed by atoms with Gasteiger partial charge in [-0.1, -0.05) is 42.5 Å². The number of hydrogen-bond donors (Lipinski definition) is 2. The third-order valence-corrected chi connectivity index (χ3v) is 5.98. The van der Waals surface area contributed by atoms with Crippen molar-refractivity contribution in [2.24, 2.45) is 0 Å². The van der Waals surface area contributed by atoms with Gasteiger partial charge in [0, 0.05) is 38.6 Å². The summed E-state index contributed by atoms with van der Waals surface area (Å²) in [6, 6.07) is 24.4. The Morgan fingerprint density at radius 1 is 1.03 bits per heavy atom. The van der Waals surface area contributed by atoms with Crippen LogP contribution in [0.5, 0.6) is 5.75 Å². The van der Waals surface area contributed by atoms with Crippen molar-refractivity contribution in [3.05, 3.63) is 83.9 Å². The van der Waals surface area contributed by atoms with Crippen LogP contribution in [-0.4, -0.2) is 39.8 Å². The zero-order valence-corrected chi connectivity index (χ0v) is 19.5. The number of carbonyl (C=O) groups is 1. The second-order valence-corrected chi connectivity index (χ2v) is 8.34. The fraction of sp³-hybridized carbons (Fsp3) is 0.296. The van der Waals surface area contributed by atoms with Crippen LogP contribution in [0.1, 0.15) is 24.1 Å². The number of benzene rings is 3. The summed E-state index contributed by atoms with van der Waals surface area (Å²) in [7, 11) is 4.07. The summed E-state index contributed by atoms with van der Waals surface area (Å²) in [5.41, 5.74) is 5.57. The first-order valence-electron chi connectivity index (χ1n) is 11.5. The van der Waals surface area contributed by atoms with Crippen LogP contribution < -0.4 is 25.2 Å². The first kappa shape index (κ1) is 22.5. The lowest BCUT2D eigenvalue weighted by molar-refractivity contribution is 0.251. The smallest absolute Gasteiger partial charge is 0.319 e. The van der Waals surface area contributed by atoms with Crippen LogP contribution in [0.15, 0.2) is 72.8 Å². The average Bonchev–Trinajstić information content (AvgIpc) is 3.25. The van der Waals surface area contributed by atoms with Gasteiger partial charge in [0.05, 0.1) is 18.3 Å². The number of carbonyl (C=O) groups excluding carboxylic acids is 1. The first-order valence-corrected chi connectivity index (χ1v) is 11.5. The molecule has 1 atom stereocenters. The highest BCUT2D eigenvalue weighted by Crippen LogP contribution is 2.35. The molecule has 0 unspecified atom stereocenters. The van der Waals surface area contributed by atoms with E-state index in [4.69, 9.17) is 4.74 Å². The second kappa shape index (κ2) is 10.3. The lowest BCUT2D eigenvalue weighted by Crippen LogP contribution is -2.39. The molecule has 0 bridgehead atoms. The molecular formula is C27H32N4O2. The van der Waals surface area contributed by atoms with Crippen molar-refractivity contribution >= 4 is 23.1 Å². The monoisotopic (exact) mass is 444 g/mol. The van der Waals surface area contributed by atoms with E-state index in [1.54, 1.807) is 0 Å². The number of urea groups is 1. The van der Waals surface area contributed by atoms with Crippen LogP contribution in [0.2, 0.25) is 0 Å². The molecule has 172 valence electrons. The molecule has 0 saturated carbocycles. The standard InChI is InChI=1S/C27H32N4O2/c1-4-33-26-12-8-6-10-23(26)29-27(32)28-19-25(21-13-15-22(16-14-21)30(2)3)31-18-17-20-9-5-7-11-24(20)31/h5-16,25H,4,17-19H2,1-3H3,(H2,28,29,32)/t25-/m1/s1. The Morgan fingerprint density at radius 2 is 1.76 bits per heavy atom. The number of fused-ring (bicyclic) bond motifs is 1. The van der Waals surface area contributed by atoms with Crippen molar-refractivity contribution < 1.29 is 9.53 Å². The van der Waals surface area contributed by atoms with Gasteiger partial charge in [0.25, 0.3) is 0 Å². The lowest BCUT2D eigenvalue weighted by atomic mass is 10.0. The van der Waals surface area contributed by atoms with Crippen molar-refractivity contribution in [3.8, 4) is 5.75 Å². The molecule has 1 aliphatic rings. The third-order valence-electron chi connectivity index (χ3n) is 5.98. The number of anilines is 3. The van der Waals surface area contributed by atoms with Crippen molar-refractivity contribution in [2.75, 3.05) is 48.9 Å². The van der Waals surface area contributed by atoms with Crippen LogP contribution in [0.3, 0.4) is 0 Å². The van der Waals surface area contributed by atoms with E-state index in [1.165, 1.54) is 16.8 Å². The molecule has 3 aromatic carbocycles. The number of amides is 2.